The van der Waals surface area contributed by atoms with Crippen molar-refractivity contribution in [3.05, 3.63) is 237 Å². The number of hydrogen-bond donors (Lipinski definition) is 2. The molecule has 32 heteroatoms. The third-order valence-electron chi connectivity index (χ3n) is 21.2. The summed E-state index contributed by atoms with van der Waals surface area (Å²) in [6.45, 7) is 20.7. The molecule has 4 nitrogen and oxygen atoms in total. The second-order valence-corrected chi connectivity index (χ2v) is 53.7. The van der Waals surface area contributed by atoms with Gasteiger partial charge in [-0.3, -0.25) is 0 Å². The van der Waals surface area contributed by atoms with Crippen molar-refractivity contribution in [1.82, 2.24) is 19.9 Å². The number of hydrogen-bond acceptors (Lipinski definition) is 2. The molecule has 0 saturated heterocycles. The molecule has 8 aromatic carbocycles. The highest BCUT2D eigenvalue weighted by atomic mass is 28.3. The molecule has 0 radical (unpaired) electrons. The van der Waals surface area contributed by atoms with Crippen LogP contribution in [0.5, 0.6) is 0 Å². The third-order valence-corrected chi connectivity index (χ3v) is 29.3. The summed E-state index contributed by atoms with van der Waals surface area (Å²) in [5.41, 5.74) is -30.4. The fourth-order valence-electron chi connectivity index (χ4n) is 15.3. The molecule has 0 unspecified atom stereocenters. The van der Waals surface area contributed by atoms with Gasteiger partial charge in [-0.1, -0.05) is 196 Å². The van der Waals surface area contributed by atoms with Crippen LogP contribution >= 0.6 is 0 Å². The molecule has 0 fully saturated rings. The smallest absolute Gasteiger partial charge is 0.354 e. The largest absolute Gasteiger partial charge is 0.417 e. The van der Waals surface area contributed by atoms with Crippen molar-refractivity contribution in [2.45, 2.75) is 128 Å². The van der Waals surface area contributed by atoms with Gasteiger partial charge in [0.15, 0.2) is 0 Å². The Labute approximate surface area is 675 Å². The van der Waals surface area contributed by atoms with Crippen LogP contribution in [0.15, 0.2) is 170 Å². The number of aromatic nitrogens is 4. The first-order valence-electron chi connectivity index (χ1n) is 37.0. The van der Waals surface area contributed by atoms with Crippen molar-refractivity contribution >= 4 is 99.4 Å². The van der Waals surface area contributed by atoms with Gasteiger partial charge in [-0.05, 0) is 142 Å². The quantitative estimate of drug-likeness (QED) is 0.0946. The highest BCUT2D eigenvalue weighted by Gasteiger charge is 2.48. The van der Waals surface area contributed by atoms with E-state index in [9.17, 15) is 0 Å². The van der Waals surface area contributed by atoms with Crippen molar-refractivity contribution in [1.29, 1.82) is 0 Å². The molecule has 3 aromatic heterocycles. The predicted octanol–water partition coefficient (Wildman–Crippen LogP) is 28.3. The molecule has 120 heavy (non-hydrogen) atoms. The van der Waals surface area contributed by atoms with Crippen molar-refractivity contribution < 1.29 is 105 Å². The van der Waals surface area contributed by atoms with E-state index in [1.165, 1.54) is 72.8 Å². The first-order chi connectivity index (χ1) is 55.1. The van der Waals surface area contributed by atoms with Gasteiger partial charge in [0.25, 0.3) is 0 Å². The molecule has 0 saturated carbocycles. The lowest BCUT2D eigenvalue weighted by atomic mass is 9.87. The molecule has 0 atom stereocenters. The van der Waals surface area contributed by atoms with Crippen molar-refractivity contribution in [3.63, 3.8) is 0 Å². The summed E-state index contributed by atoms with van der Waals surface area (Å²) >= 11 is 0. The first kappa shape index (κ1) is 87.4. The number of alkyl halides is 24. The number of benzene rings is 8. The van der Waals surface area contributed by atoms with Crippen LogP contribution in [0.25, 0.3) is 135 Å². The lowest BCUT2D eigenvalue weighted by Gasteiger charge is -2.25. The number of H-pyrrole nitrogens is 2. The van der Waals surface area contributed by atoms with E-state index >= 15 is 105 Å². The maximum absolute atomic E-state index is 15.9. The molecule has 0 amide bonds. The number of fused-ring (bicyclic) bond motifs is 8. The minimum Gasteiger partial charge on any atom is -0.354 e. The van der Waals surface area contributed by atoms with E-state index in [0.717, 1.165) is 48.6 Å². The molecule has 2 N–H and O–H groups in total. The highest BCUT2D eigenvalue weighted by molar-refractivity contribution is 6.90. The van der Waals surface area contributed by atoms with Crippen LogP contribution in [0.4, 0.5) is 105 Å². The second-order valence-electron chi connectivity index (χ2n) is 33.4. The zero-order chi connectivity index (χ0) is 88.2. The number of halogens is 24. The Morgan fingerprint density at radius 2 is 0.358 bits per heavy atom. The summed E-state index contributed by atoms with van der Waals surface area (Å²) < 4.78 is 383. The molecular weight excluding hydrogens is 1680 g/mol. The van der Waals surface area contributed by atoms with E-state index in [1.54, 1.807) is 78.6 Å². The summed E-state index contributed by atoms with van der Waals surface area (Å²) in [6, 6.07) is 25.1. The summed E-state index contributed by atoms with van der Waals surface area (Å²) in [6.07, 6.45) is -40.0. The van der Waals surface area contributed by atoms with Gasteiger partial charge in [-0.25, -0.2) is 9.97 Å². The van der Waals surface area contributed by atoms with Gasteiger partial charge in [0.1, 0.15) is 0 Å². The normalized spacial score (nSPS) is 13.8. The zero-order valence-electron chi connectivity index (χ0n) is 65.4. The summed E-state index contributed by atoms with van der Waals surface area (Å²) in [5.74, 6) is 0. The maximum atomic E-state index is 15.9. The molecule has 0 spiro atoms. The van der Waals surface area contributed by atoms with E-state index < -0.39 is 238 Å². The van der Waals surface area contributed by atoms with E-state index in [1.807, 2.05) is 0 Å². The van der Waals surface area contributed by atoms with E-state index in [2.05, 4.69) is 9.97 Å². The standard InChI is InChI=1S/C88H70F24N4Si4/c1-117(2,3)45-25-29-49(53(41-45)73-57(81(89,90)91)17-13-18-58(73)82(92,93)94)77-65-33-35-67(113-65)78(50-30-26-46(118(4,5)6)42-54(50)74-59(83(95,96)97)19-14-20-60(74)84(98,99)100)69-37-39-71(115-69)80(52-32-28-48(120(10,11)12)44-56(52)76-63(87(107,108)109)23-16-24-64(76)88(110,111)112)72-40-38-70(116-72)79(68-36-34-66(77)114-68)51-31-27-47(119(7,8)9)43-55(51)75-61(85(101,102)103)21-15-22-62(75)86(104,105)106/h13-44,113,116H,1-12H3. The molecule has 13 rings (SSSR count). The molecule has 8 bridgehead atoms. The van der Waals surface area contributed by atoms with Crippen LogP contribution in [-0.4, -0.2) is 52.2 Å². The van der Waals surface area contributed by atoms with Crippen molar-refractivity contribution in [2.24, 2.45) is 0 Å². The van der Waals surface area contributed by atoms with Gasteiger partial charge in [-0.2, -0.15) is 105 Å². The molecule has 626 valence electrons. The zero-order valence-corrected chi connectivity index (χ0v) is 69.4. The molecule has 0 aliphatic carbocycles. The maximum Gasteiger partial charge on any atom is 0.417 e. The van der Waals surface area contributed by atoms with Crippen molar-refractivity contribution in [2.75, 3.05) is 0 Å². The molecule has 5 heterocycles. The summed E-state index contributed by atoms with van der Waals surface area (Å²) in [7, 11) is -11.7. The molecular formula is C88H70F24N4Si4. The van der Waals surface area contributed by atoms with Crippen LogP contribution in [0.1, 0.15) is 67.3 Å². The van der Waals surface area contributed by atoms with Gasteiger partial charge in [0.05, 0.1) is 99.6 Å². The van der Waals surface area contributed by atoms with E-state index in [-0.39, 0.29) is 42.8 Å². The number of nitrogens with zero attached hydrogens (tertiary/aromatic N) is 2. The van der Waals surface area contributed by atoms with E-state index in [0.29, 0.717) is 72.8 Å². The molecule has 2 aliphatic rings. The Bertz CT molecular complexity index is 5340. The van der Waals surface area contributed by atoms with Gasteiger partial charge >= 0.3 is 49.4 Å². The summed E-state index contributed by atoms with van der Waals surface area (Å²) in [4.78, 5) is 16.4. The molecule has 2 aliphatic heterocycles. The molecule has 11 aromatic rings. The summed E-state index contributed by atoms with van der Waals surface area (Å²) in [5, 5.41) is 1.03. The van der Waals surface area contributed by atoms with Crippen LogP contribution in [0, 0.1) is 0 Å². The Hall–Kier alpha value is -10.5. The Morgan fingerprint density at radius 1 is 0.200 bits per heavy atom. The van der Waals surface area contributed by atoms with Crippen LogP contribution < -0.4 is 20.7 Å². The Morgan fingerprint density at radius 3 is 0.500 bits per heavy atom. The average Bonchev–Trinajstić information content (AvgIpc) is 1.36. The number of aromatic amines is 2. The van der Waals surface area contributed by atoms with Gasteiger partial charge < -0.3 is 9.97 Å². The minimum absolute atomic E-state index is 0.259. The van der Waals surface area contributed by atoms with Crippen molar-refractivity contribution in [3.8, 4) is 89.0 Å². The fraction of sp³-hybridized carbons (Fsp3) is 0.227. The van der Waals surface area contributed by atoms with E-state index in [4.69, 9.17) is 9.97 Å². The lowest BCUT2D eigenvalue weighted by molar-refractivity contribution is -0.143. The predicted molar refractivity (Wildman–Crippen MR) is 434 cm³/mol. The topological polar surface area (TPSA) is 57.4 Å². The van der Waals surface area contributed by atoms with Gasteiger partial charge in [0, 0.05) is 66.6 Å². The third kappa shape index (κ3) is 16.8. The van der Waals surface area contributed by atoms with Crippen LogP contribution in [-0.2, 0) is 49.4 Å². The lowest BCUT2D eigenvalue weighted by Crippen LogP contribution is -2.37. The first-order valence-corrected chi connectivity index (χ1v) is 51.0. The van der Waals surface area contributed by atoms with Gasteiger partial charge in [-0.15, -0.1) is 0 Å². The number of rotatable bonds is 12. The fourth-order valence-corrected chi connectivity index (χ4v) is 20.0. The second kappa shape index (κ2) is 29.7. The van der Waals surface area contributed by atoms with Gasteiger partial charge in [0.2, 0.25) is 0 Å². The number of nitrogens with one attached hydrogen (secondary N) is 2. The van der Waals surface area contributed by atoms with Crippen LogP contribution in [0.3, 0.4) is 0 Å². The minimum atomic E-state index is -5.58. The SMILES string of the molecule is C[Si](C)(C)c1ccc(-c2c3nc(c(-c4ccc([Si](C)(C)C)cc4-c4c(C(F)(F)F)cccc4C(F)(F)F)c4ccc([nH]4)c(-c4ccc([Si](C)(C)C)cc4-c4c(C(F)(F)F)cccc4C(F)(F)F)c4nc(c(-c5ccc([Si](C)(C)C)cc5-c5c(C(F)(F)F)cccc5C(F)(F)F)c5ccc2[nH]5)C=C4)C=C3)c(-c2c(C(F)(F)F)cccc2C(F)(F)F)c1. The van der Waals surface area contributed by atoms with Crippen LogP contribution in [0.2, 0.25) is 78.6 Å². The monoisotopic (exact) mass is 1750 g/mol. The Kier molecular flexibility index (Phi) is 21.6. The highest BCUT2D eigenvalue weighted by Crippen LogP contribution is 2.55. The Balaban J connectivity index is 1.35. The average molecular weight is 1750 g/mol.